The summed E-state index contributed by atoms with van der Waals surface area (Å²) in [6.07, 6.45) is 1.30. The van der Waals surface area contributed by atoms with E-state index >= 15 is 0 Å². The summed E-state index contributed by atoms with van der Waals surface area (Å²) >= 11 is 3.59. The maximum Gasteiger partial charge on any atom is 0.0843 e. The quantitative estimate of drug-likeness (QED) is 0.813. The second-order valence-corrected chi connectivity index (χ2v) is 5.78. The topological polar surface area (TPSA) is 21.1 Å². The van der Waals surface area contributed by atoms with Crippen molar-refractivity contribution >= 4 is 26.8 Å². The van der Waals surface area contributed by atoms with Crippen molar-refractivity contribution in [3.8, 4) is 0 Å². The summed E-state index contributed by atoms with van der Waals surface area (Å²) in [5, 5.41) is 7.08. The molecule has 2 aromatic rings. The van der Waals surface area contributed by atoms with Crippen LogP contribution < -0.4 is 0 Å². The van der Waals surface area contributed by atoms with Crippen LogP contribution in [-0.2, 0) is 13.6 Å². The van der Waals surface area contributed by atoms with E-state index in [-0.39, 0.29) is 0 Å². The largest absolute Gasteiger partial charge is 0.297 e. The van der Waals surface area contributed by atoms with Crippen molar-refractivity contribution in [1.29, 1.82) is 0 Å². The number of aromatic nitrogens is 2. The first-order chi connectivity index (χ1) is 8.78. The molecule has 0 radical (unpaired) electrons. The minimum Gasteiger partial charge on any atom is -0.297 e. The SMILES string of the molecule is Cn1nc(CN2CCC(CBr)C2)c2ccccc21. The van der Waals surface area contributed by atoms with E-state index in [2.05, 4.69) is 50.2 Å². The fraction of sp³-hybridized carbons (Fsp3) is 0.500. The average Bonchev–Trinajstić information content (AvgIpc) is 2.97. The molecule has 1 saturated heterocycles. The highest BCUT2D eigenvalue weighted by molar-refractivity contribution is 9.09. The van der Waals surface area contributed by atoms with Crippen molar-refractivity contribution in [2.45, 2.75) is 13.0 Å². The third-order valence-corrected chi connectivity index (χ3v) is 4.71. The number of rotatable bonds is 3. The molecular formula is C14H18BrN3. The zero-order chi connectivity index (χ0) is 12.5. The third kappa shape index (κ3) is 2.19. The Balaban J connectivity index is 1.83. The summed E-state index contributed by atoms with van der Waals surface area (Å²) in [5.74, 6) is 0.806. The molecule has 0 amide bonds. The van der Waals surface area contributed by atoms with Gasteiger partial charge in [0.15, 0.2) is 0 Å². The summed E-state index contributed by atoms with van der Waals surface area (Å²) < 4.78 is 1.99. The fourth-order valence-electron chi connectivity index (χ4n) is 2.80. The van der Waals surface area contributed by atoms with E-state index in [1.807, 2.05) is 11.7 Å². The molecule has 0 spiro atoms. The molecular weight excluding hydrogens is 290 g/mol. The smallest absolute Gasteiger partial charge is 0.0843 e. The second kappa shape index (κ2) is 5.02. The van der Waals surface area contributed by atoms with Crippen LogP contribution in [0, 0.1) is 5.92 Å². The van der Waals surface area contributed by atoms with E-state index in [0.29, 0.717) is 0 Å². The van der Waals surface area contributed by atoms with Crippen molar-refractivity contribution in [3.63, 3.8) is 0 Å². The zero-order valence-electron chi connectivity index (χ0n) is 10.6. The molecule has 0 aliphatic carbocycles. The lowest BCUT2D eigenvalue weighted by atomic mass is 10.2. The van der Waals surface area contributed by atoms with Crippen molar-refractivity contribution in [2.75, 3.05) is 18.4 Å². The Labute approximate surface area is 116 Å². The summed E-state index contributed by atoms with van der Waals surface area (Å²) in [7, 11) is 2.02. The number of aryl methyl sites for hydroxylation is 1. The van der Waals surface area contributed by atoms with Gasteiger partial charge < -0.3 is 0 Å². The lowest BCUT2D eigenvalue weighted by Crippen LogP contribution is -2.20. The van der Waals surface area contributed by atoms with Crippen molar-refractivity contribution in [2.24, 2.45) is 13.0 Å². The van der Waals surface area contributed by atoms with Gasteiger partial charge in [0, 0.05) is 30.9 Å². The van der Waals surface area contributed by atoms with Gasteiger partial charge in [-0.15, -0.1) is 0 Å². The minimum absolute atomic E-state index is 0.806. The average molecular weight is 308 g/mol. The number of alkyl halides is 1. The van der Waals surface area contributed by atoms with Crippen LogP contribution in [0.5, 0.6) is 0 Å². The molecule has 18 heavy (non-hydrogen) atoms. The first kappa shape index (κ1) is 12.2. The number of halogens is 1. The molecule has 1 aliphatic heterocycles. The van der Waals surface area contributed by atoms with Crippen LogP contribution in [0.4, 0.5) is 0 Å². The summed E-state index contributed by atoms with van der Waals surface area (Å²) in [6.45, 7) is 3.36. The molecule has 3 rings (SSSR count). The van der Waals surface area contributed by atoms with Crippen LogP contribution in [0.25, 0.3) is 10.9 Å². The van der Waals surface area contributed by atoms with Gasteiger partial charge in [-0.2, -0.15) is 5.10 Å². The van der Waals surface area contributed by atoms with E-state index in [1.165, 1.54) is 36.1 Å². The number of fused-ring (bicyclic) bond motifs is 1. The van der Waals surface area contributed by atoms with Gasteiger partial charge in [-0.05, 0) is 24.9 Å². The first-order valence-corrected chi connectivity index (χ1v) is 7.59. The Hall–Kier alpha value is -0.870. The Morgan fingerprint density at radius 2 is 2.22 bits per heavy atom. The van der Waals surface area contributed by atoms with Gasteiger partial charge in [0.2, 0.25) is 0 Å². The van der Waals surface area contributed by atoms with E-state index in [4.69, 9.17) is 0 Å². The number of likely N-dealkylation sites (tertiary alicyclic amines) is 1. The molecule has 2 heterocycles. The van der Waals surface area contributed by atoms with Crippen LogP contribution in [0.1, 0.15) is 12.1 Å². The molecule has 4 heteroatoms. The molecule has 1 aromatic heterocycles. The number of benzene rings is 1. The molecule has 96 valence electrons. The van der Waals surface area contributed by atoms with Crippen molar-refractivity contribution in [3.05, 3.63) is 30.0 Å². The first-order valence-electron chi connectivity index (χ1n) is 6.47. The molecule has 1 aliphatic rings. The molecule has 3 nitrogen and oxygen atoms in total. The Kier molecular flexibility index (Phi) is 3.39. The number of hydrogen-bond acceptors (Lipinski definition) is 2. The molecule has 1 aromatic carbocycles. The predicted molar refractivity (Wildman–Crippen MR) is 77.9 cm³/mol. The summed E-state index contributed by atoms with van der Waals surface area (Å²) in [5.41, 5.74) is 2.44. The van der Waals surface area contributed by atoms with E-state index in [0.717, 1.165) is 17.8 Å². The molecule has 0 saturated carbocycles. The maximum atomic E-state index is 4.67. The highest BCUT2D eigenvalue weighted by Gasteiger charge is 2.22. The number of hydrogen-bond donors (Lipinski definition) is 0. The van der Waals surface area contributed by atoms with Gasteiger partial charge in [0.05, 0.1) is 11.2 Å². The monoisotopic (exact) mass is 307 g/mol. The Morgan fingerprint density at radius 1 is 1.39 bits per heavy atom. The molecule has 1 unspecified atom stereocenters. The summed E-state index contributed by atoms with van der Waals surface area (Å²) in [6, 6.07) is 8.48. The molecule has 1 fully saturated rings. The third-order valence-electron chi connectivity index (χ3n) is 3.80. The highest BCUT2D eigenvalue weighted by atomic mass is 79.9. The Bertz CT molecular complexity index is 549. The predicted octanol–water partition coefficient (Wildman–Crippen LogP) is 2.79. The lowest BCUT2D eigenvalue weighted by Gasteiger charge is -2.13. The zero-order valence-corrected chi connectivity index (χ0v) is 12.2. The van der Waals surface area contributed by atoms with Crippen LogP contribution in [0.3, 0.4) is 0 Å². The van der Waals surface area contributed by atoms with Crippen molar-refractivity contribution in [1.82, 2.24) is 14.7 Å². The van der Waals surface area contributed by atoms with Crippen LogP contribution in [0.2, 0.25) is 0 Å². The lowest BCUT2D eigenvalue weighted by molar-refractivity contribution is 0.317. The van der Waals surface area contributed by atoms with Gasteiger partial charge in [-0.3, -0.25) is 9.58 Å². The maximum absolute atomic E-state index is 4.67. The van der Waals surface area contributed by atoms with Gasteiger partial charge in [-0.1, -0.05) is 34.1 Å². The fourth-order valence-corrected chi connectivity index (χ4v) is 3.33. The number of para-hydroxylation sites is 1. The Morgan fingerprint density at radius 3 is 3.00 bits per heavy atom. The van der Waals surface area contributed by atoms with Gasteiger partial charge in [-0.25, -0.2) is 0 Å². The highest BCUT2D eigenvalue weighted by Crippen LogP contribution is 2.23. The van der Waals surface area contributed by atoms with Crippen LogP contribution in [0.15, 0.2) is 24.3 Å². The van der Waals surface area contributed by atoms with E-state index in [1.54, 1.807) is 0 Å². The van der Waals surface area contributed by atoms with E-state index in [9.17, 15) is 0 Å². The van der Waals surface area contributed by atoms with Crippen LogP contribution in [-0.4, -0.2) is 33.1 Å². The number of nitrogens with zero attached hydrogens (tertiary/aromatic N) is 3. The van der Waals surface area contributed by atoms with Crippen LogP contribution >= 0.6 is 15.9 Å². The van der Waals surface area contributed by atoms with Gasteiger partial charge >= 0.3 is 0 Å². The minimum atomic E-state index is 0.806. The summed E-state index contributed by atoms with van der Waals surface area (Å²) in [4.78, 5) is 2.51. The second-order valence-electron chi connectivity index (χ2n) is 5.13. The van der Waals surface area contributed by atoms with Crippen molar-refractivity contribution < 1.29 is 0 Å². The molecule has 1 atom stereocenters. The standard InChI is InChI=1S/C14H18BrN3/c1-17-14-5-3-2-4-12(14)13(16-17)10-18-7-6-11(8-15)9-18/h2-5,11H,6-10H2,1H3. The van der Waals surface area contributed by atoms with E-state index < -0.39 is 0 Å². The molecule has 0 N–H and O–H groups in total. The molecule has 0 bridgehead atoms. The normalized spacial score (nSPS) is 20.9. The van der Waals surface area contributed by atoms with Gasteiger partial charge in [0.25, 0.3) is 0 Å². The van der Waals surface area contributed by atoms with Gasteiger partial charge in [0.1, 0.15) is 0 Å².